The minimum atomic E-state index is -0.437. The van der Waals surface area contributed by atoms with Crippen LogP contribution in [0.3, 0.4) is 0 Å². The highest BCUT2D eigenvalue weighted by molar-refractivity contribution is 5.94. The molecule has 0 heterocycles. The first kappa shape index (κ1) is 12.5. The van der Waals surface area contributed by atoms with E-state index in [4.69, 9.17) is 5.73 Å². The second-order valence-electron chi connectivity index (χ2n) is 3.95. The van der Waals surface area contributed by atoms with Gasteiger partial charge in [0.15, 0.2) is 0 Å². The molecular weight excluding hydrogens is 202 g/mol. The van der Waals surface area contributed by atoms with Crippen LogP contribution >= 0.6 is 0 Å². The topological polar surface area (TPSA) is 58.4 Å². The first-order chi connectivity index (χ1) is 7.54. The Morgan fingerprint density at radius 1 is 1.38 bits per heavy atom. The SMILES string of the molecule is CC[C@@H](N)C(=O)Nc1ccc(N(C)C)cc1. The van der Waals surface area contributed by atoms with E-state index in [9.17, 15) is 4.79 Å². The Morgan fingerprint density at radius 3 is 2.38 bits per heavy atom. The lowest BCUT2D eigenvalue weighted by atomic mass is 10.2. The van der Waals surface area contributed by atoms with Gasteiger partial charge in [-0.25, -0.2) is 0 Å². The van der Waals surface area contributed by atoms with E-state index in [1.807, 2.05) is 50.2 Å². The van der Waals surface area contributed by atoms with Gasteiger partial charge in [-0.05, 0) is 30.7 Å². The standard InChI is InChI=1S/C12H19N3O/c1-4-11(13)12(16)14-9-5-7-10(8-6-9)15(2)3/h5-8,11H,4,13H2,1-3H3,(H,14,16)/t11-/m1/s1. The fraction of sp³-hybridized carbons (Fsp3) is 0.417. The van der Waals surface area contributed by atoms with Crippen molar-refractivity contribution in [3.63, 3.8) is 0 Å². The van der Waals surface area contributed by atoms with Crippen LogP contribution in [0, 0.1) is 0 Å². The summed E-state index contributed by atoms with van der Waals surface area (Å²) >= 11 is 0. The van der Waals surface area contributed by atoms with Gasteiger partial charge in [-0.3, -0.25) is 4.79 Å². The molecule has 16 heavy (non-hydrogen) atoms. The van der Waals surface area contributed by atoms with Crippen molar-refractivity contribution < 1.29 is 4.79 Å². The number of nitrogens with two attached hydrogens (primary N) is 1. The van der Waals surface area contributed by atoms with Crippen molar-refractivity contribution in [3.05, 3.63) is 24.3 Å². The summed E-state index contributed by atoms with van der Waals surface area (Å²) in [6, 6.07) is 7.21. The highest BCUT2D eigenvalue weighted by Gasteiger charge is 2.10. The van der Waals surface area contributed by atoms with Crippen molar-refractivity contribution in [2.24, 2.45) is 5.73 Å². The molecule has 0 bridgehead atoms. The molecule has 0 radical (unpaired) electrons. The zero-order chi connectivity index (χ0) is 12.1. The molecule has 0 aliphatic heterocycles. The number of carbonyl (C=O) groups excluding carboxylic acids is 1. The molecule has 3 N–H and O–H groups in total. The molecule has 1 aromatic rings. The molecule has 0 spiro atoms. The van der Waals surface area contributed by atoms with Crippen LogP contribution in [0.5, 0.6) is 0 Å². The second kappa shape index (κ2) is 5.51. The van der Waals surface area contributed by atoms with Crippen molar-refractivity contribution in [1.29, 1.82) is 0 Å². The van der Waals surface area contributed by atoms with Crippen LogP contribution in [0.4, 0.5) is 11.4 Å². The molecule has 1 rings (SSSR count). The van der Waals surface area contributed by atoms with Gasteiger partial charge in [-0.2, -0.15) is 0 Å². The summed E-state index contributed by atoms with van der Waals surface area (Å²) in [6.45, 7) is 1.89. The Bertz CT molecular complexity index is 346. The molecule has 4 heteroatoms. The van der Waals surface area contributed by atoms with Crippen molar-refractivity contribution >= 4 is 17.3 Å². The monoisotopic (exact) mass is 221 g/mol. The van der Waals surface area contributed by atoms with Gasteiger partial charge in [0.1, 0.15) is 0 Å². The van der Waals surface area contributed by atoms with Gasteiger partial charge >= 0.3 is 0 Å². The second-order valence-corrected chi connectivity index (χ2v) is 3.95. The number of amides is 1. The summed E-state index contributed by atoms with van der Waals surface area (Å²) in [5.74, 6) is -0.139. The van der Waals surface area contributed by atoms with E-state index in [1.54, 1.807) is 0 Å². The average molecular weight is 221 g/mol. The Balaban J connectivity index is 2.65. The Hall–Kier alpha value is -1.55. The maximum Gasteiger partial charge on any atom is 0.241 e. The third-order valence-corrected chi connectivity index (χ3v) is 2.43. The molecule has 88 valence electrons. The van der Waals surface area contributed by atoms with Gasteiger partial charge in [0, 0.05) is 25.5 Å². The van der Waals surface area contributed by atoms with E-state index in [-0.39, 0.29) is 5.91 Å². The summed E-state index contributed by atoms with van der Waals surface area (Å²) < 4.78 is 0. The first-order valence-corrected chi connectivity index (χ1v) is 5.38. The Morgan fingerprint density at radius 2 is 1.94 bits per heavy atom. The predicted molar refractivity (Wildman–Crippen MR) is 67.7 cm³/mol. The smallest absolute Gasteiger partial charge is 0.241 e. The maximum atomic E-state index is 11.5. The highest BCUT2D eigenvalue weighted by atomic mass is 16.2. The molecular formula is C12H19N3O. The van der Waals surface area contributed by atoms with E-state index in [0.717, 1.165) is 11.4 Å². The number of nitrogens with zero attached hydrogens (tertiary/aromatic N) is 1. The molecule has 0 unspecified atom stereocenters. The molecule has 1 amide bonds. The average Bonchev–Trinajstić information content (AvgIpc) is 2.28. The molecule has 1 atom stereocenters. The molecule has 0 saturated heterocycles. The molecule has 0 aliphatic carbocycles. The maximum absolute atomic E-state index is 11.5. The number of hydrogen-bond acceptors (Lipinski definition) is 3. The highest BCUT2D eigenvalue weighted by Crippen LogP contribution is 2.15. The summed E-state index contributed by atoms with van der Waals surface area (Å²) in [7, 11) is 3.95. The molecule has 0 aliphatic rings. The molecule has 0 aromatic heterocycles. The zero-order valence-corrected chi connectivity index (χ0v) is 10.0. The number of nitrogens with one attached hydrogen (secondary N) is 1. The molecule has 1 aromatic carbocycles. The Kier molecular flexibility index (Phi) is 4.31. The molecule has 4 nitrogen and oxygen atoms in total. The van der Waals surface area contributed by atoms with Crippen LogP contribution in [-0.2, 0) is 4.79 Å². The quantitative estimate of drug-likeness (QED) is 0.808. The van der Waals surface area contributed by atoms with Crippen molar-refractivity contribution in [2.75, 3.05) is 24.3 Å². The van der Waals surface area contributed by atoms with E-state index in [1.165, 1.54) is 0 Å². The zero-order valence-electron chi connectivity index (χ0n) is 10.0. The van der Waals surface area contributed by atoms with Crippen molar-refractivity contribution in [2.45, 2.75) is 19.4 Å². The minimum absolute atomic E-state index is 0.139. The Labute approximate surface area is 96.4 Å². The predicted octanol–water partition coefficient (Wildman–Crippen LogP) is 1.43. The number of carbonyl (C=O) groups is 1. The number of benzene rings is 1. The third kappa shape index (κ3) is 3.24. The van der Waals surface area contributed by atoms with Crippen LogP contribution in [0.1, 0.15) is 13.3 Å². The summed E-state index contributed by atoms with van der Waals surface area (Å²) in [6.07, 6.45) is 0.640. The number of hydrogen-bond donors (Lipinski definition) is 2. The van der Waals surface area contributed by atoms with Crippen LogP contribution in [0.2, 0.25) is 0 Å². The largest absolute Gasteiger partial charge is 0.378 e. The lowest BCUT2D eigenvalue weighted by Crippen LogP contribution is -2.34. The van der Waals surface area contributed by atoms with Crippen molar-refractivity contribution in [1.82, 2.24) is 0 Å². The van der Waals surface area contributed by atoms with E-state index in [0.29, 0.717) is 6.42 Å². The number of rotatable bonds is 4. The molecule has 0 saturated carbocycles. The summed E-state index contributed by atoms with van der Waals surface area (Å²) in [5.41, 5.74) is 7.49. The fourth-order valence-electron chi connectivity index (χ4n) is 1.26. The lowest BCUT2D eigenvalue weighted by molar-refractivity contribution is -0.117. The van der Waals surface area contributed by atoms with Crippen molar-refractivity contribution in [3.8, 4) is 0 Å². The molecule has 0 fully saturated rings. The van der Waals surface area contributed by atoms with Gasteiger partial charge in [0.05, 0.1) is 6.04 Å². The van der Waals surface area contributed by atoms with Crippen LogP contribution in [-0.4, -0.2) is 26.0 Å². The van der Waals surface area contributed by atoms with Gasteiger partial charge in [0.2, 0.25) is 5.91 Å². The van der Waals surface area contributed by atoms with Gasteiger partial charge in [0.25, 0.3) is 0 Å². The van der Waals surface area contributed by atoms with Crippen LogP contribution < -0.4 is 16.0 Å². The van der Waals surface area contributed by atoms with E-state index < -0.39 is 6.04 Å². The summed E-state index contributed by atoms with van der Waals surface area (Å²) in [5, 5.41) is 2.78. The number of anilines is 2. The van der Waals surface area contributed by atoms with Gasteiger partial charge in [-0.1, -0.05) is 6.92 Å². The first-order valence-electron chi connectivity index (χ1n) is 5.38. The van der Waals surface area contributed by atoms with E-state index >= 15 is 0 Å². The third-order valence-electron chi connectivity index (χ3n) is 2.43. The van der Waals surface area contributed by atoms with Crippen LogP contribution in [0.15, 0.2) is 24.3 Å². The minimum Gasteiger partial charge on any atom is -0.378 e. The van der Waals surface area contributed by atoms with Gasteiger partial charge < -0.3 is 16.0 Å². The summed E-state index contributed by atoms with van der Waals surface area (Å²) in [4.78, 5) is 13.5. The van der Waals surface area contributed by atoms with Gasteiger partial charge in [-0.15, -0.1) is 0 Å². The fourth-order valence-corrected chi connectivity index (χ4v) is 1.26. The lowest BCUT2D eigenvalue weighted by Gasteiger charge is -2.14. The van der Waals surface area contributed by atoms with Crippen LogP contribution in [0.25, 0.3) is 0 Å². The normalized spacial score (nSPS) is 12.0. The van der Waals surface area contributed by atoms with E-state index in [2.05, 4.69) is 5.32 Å².